The summed E-state index contributed by atoms with van der Waals surface area (Å²) in [4.78, 5) is 21.1. The van der Waals surface area contributed by atoms with Gasteiger partial charge in [0.25, 0.3) is 0 Å². The van der Waals surface area contributed by atoms with Gasteiger partial charge in [-0.05, 0) is 48.5 Å². The Kier molecular flexibility index (Phi) is 5.23. The average Bonchev–Trinajstić information content (AvgIpc) is 3.33. The molecule has 0 atom stereocenters. The number of anilines is 1. The summed E-state index contributed by atoms with van der Waals surface area (Å²) in [6.07, 6.45) is 0.114. The Morgan fingerprint density at radius 3 is 2.18 bits per heavy atom. The van der Waals surface area contributed by atoms with E-state index >= 15 is 0 Å². The van der Waals surface area contributed by atoms with Crippen molar-refractivity contribution in [3.05, 3.63) is 76.6 Å². The van der Waals surface area contributed by atoms with Crippen LogP contribution < -0.4 is 5.32 Å². The fraction of sp³-hybridized carbons (Fsp3) is 0.0500. The molecule has 0 aliphatic rings. The van der Waals surface area contributed by atoms with Gasteiger partial charge in [0.15, 0.2) is 5.13 Å². The molecule has 0 bridgehead atoms. The summed E-state index contributed by atoms with van der Waals surface area (Å²) in [5, 5.41) is 7.57. The predicted molar refractivity (Wildman–Crippen MR) is 107 cm³/mol. The quantitative estimate of drug-likeness (QED) is 0.477. The first-order valence-electron chi connectivity index (χ1n) is 8.28. The van der Waals surface area contributed by atoms with Crippen molar-refractivity contribution in [2.24, 2.45) is 0 Å². The highest BCUT2D eigenvalue weighted by atomic mass is 32.1. The zero-order chi connectivity index (χ0) is 19.5. The number of thiazole rings is 2. The molecular weight excluding hydrogens is 400 g/mol. The van der Waals surface area contributed by atoms with E-state index in [1.807, 2.05) is 5.38 Å². The fourth-order valence-electron chi connectivity index (χ4n) is 2.53. The summed E-state index contributed by atoms with van der Waals surface area (Å²) in [5.74, 6) is -0.838. The number of hydrogen-bond donors (Lipinski definition) is 1. The van der Waals surface area contributed by atoms with Crippen molar-refractivity contribution in [3.63, 3.8) is 0 Å². The fourth-order valence-corrected chi connectivity index (χ4v) is 4.09. The molecule has 1 N–H and O–H groups in total. The summed E-state index contributed by atoms with van der Waals surface area (Å²) in [6, 6.07) is 12.1. The molecule has 4 nitrogen and oxygen atoms in total. The van der Waals surface area contributed by atoms with E-state index in [0.717, 1.165) is 16.1 Å². The van der Waals surface area contributed by atoms with Gasteiger partial charge in [-0.25, -0.2) is 18.7 Å². The number of nitrogens with one attached hydrogen (secondary N) is 1. The molecule has 140 valence electrons. The van der Waals surface area contributed by atoms with Gasteiger partial charge in [0.05, 0.1) is 17.8 Å². The SMILES string of the molecule is O=C(Cc1csc(-c2ccc(F)cc2)n1)Nc1nc(-c2ccc(F)cc2)cs1. The number of amides is 1. The van der Waals surface area contributed by atoms with E-state index < -0.39 is 0 Å². The Balaban J connectivity index is 1.40. The lowest BCUT2D eigenvalue weighted by atomic mass is 10.2. The summed E-state index contributed by atoms with van der Waals surface area (Å²) >= 11 is 2.70. The molecule has 8 heteroatoms. The van der Waals surface area contributed by atoms with Crippen LogP contribution in [0.5, 0.6) is 0 Å². The van der Waals surface area contributed by atoms with Gasteiger partial charge in [-0.3, -0.25) is 4.79 Å². The third-order valence-corrected chi connectivity index (χ3v) is 5.57. The molecule has 0 saturated heterocycles. The Hall–Kier alpha value is -2.97. The third-order valence-electron chi connectivity index (χ3n) is 3.88. The number of hydrogen-bond acceptors (Lipinski definition) is 5. The molecule has 4 aromatic rings. The van der Waals surface area contributed by atoms with E-state index in [4.69, 9.17) is 0 Å². The van der Waals surface area contributed by atoms with Gasteiger partial charge in [-0.15, -0.1) is 22.7 Å². The number of aromatic nitrogens is 2. The highest BCUT2D eigenvalue weighted by Crippen LogP contribution is 2.26. The lowest BCUT2D eigenvalue weighted by Crippen LogP contribution is -2.14. The van der Waals surface area contributed by atoms with Crippen LogP contribution in [0.25, 0.3) is 21.8 Å². The van der Waals surface area contributed by atoms with Crippen molar-refractivity contribution >= 4 is 33.7 Å². The smallest absolute Gasteiger partial charge is 0.232 e. The van der Waals surface area contributed by atoms with Crippen LogP contribution in [0, 0.1) is 11.6 Å². The molecule has 1 amide bonds. The van der Waals surface area contributed by atoms with Crippen LogP contribution in [-0.2, 0) is 11.2 Å². The van der Waals surface area contributed by atoms with Crippen molar-refractivity contribution in [1.29, 1.82) is 0 Å². The standard InChI is InChI=1S/C20H13F2N3OS2/c21-14-5-1-12(2-6-14)17-11-28-20(24-17)25-18(26)9-16-10-27-19(23-16)13-3-7-15(22)8-4-13/h1-8,10-11H,9H2,(H,24,25,26). The minimum atomic E-state index is -0.309. The van der Waals surface area contributed by atoms with E-state index in [1.165, 1.54) is 46.9 Å². The van der Waals surface area contributed by atoms with Crippen LogP contribution in [0.2, 0.25) is 0 Å². The van der Waals surface area contributed by atoms with E-state index in [1.54, 1.807) is 29.6 Å². The summed E-state index contributed by atoms with van der Waals surface area (Å²) in [6.45, 7) is 0. The minimum absolute atomic E-state index is 0.114. The Morgan fingerprint density at radius 2 is 1.50 bits per heavy atom. The van der Waals surface area contributed by atoms with E-state index in [2.05, 4.69) is 15.3 Å². The monoisotopic (exact) mass is 413 g/mol. The first-order valence-corrected chi connectivity index (χ1v) is 10.0. The van der Waals surface area contributed by atoms with Gasteiger partial charge in [0.1, 0.15) is 16.6 Å². The van der Waals surface area contributed by atoms with Crippen molar-refractivity contribution in [2.75, 3.05) is 5.32 Å². The maximum Gasteiger partial charge on any atom is 0.232 e. The summed E-state index contributed by atoms with van der Waals surface area (Å²) in [5.41, 5.74) is 2.90. The second-order valence-corrected chi connectivity index (χ2v) is 7.64. The Morgan fingerprint density at radius 1 is 0.857 bits per heavy atom. The molecule has 0 saturated carbocycles. The van der Waals surface area contributed by atoms with E-state index in [-0.39, 0.29) is 24.0 Å². The van der Waals surface area contributed by atoms with Gasteiger partial charge in [-0.2, -0.15) is 0 Å². The second-order valence-electron chi connectivity index (χ2n) is 5.92. The van der Waals surface area contributed by atoms with Crippen LogP contribution in [-0.4, -0.2) is 15.9 Å². The third kappa shape index (κ3) is 4.29. The van der Waals surface area contributed by atoms with Crippen LogP contribution >= 0.6 is 22.7 Å². The first-order chi connectivity index (χ1) is 13.6. The molecule has 0 spiro atoms. The van der Waals surface area contributed by atoms with Crippen LogP contribution in [0.15, 0.2) is 59.3 Å². The van der Waals surface area contributed by atoms with Crippen molar-refractivity contribution in [1.82, 2.24) is 9.97 Å². The lowest BCUT2D eigenvalue weighted by Gasteiger charge is -2.00. The van der Waals surface area contributed by atoms with Crippen molar-refractivity contribution < 1.29 is 13.6 Å². The molecule has 2 aromatic carbocycles. The summed E-state index contributed by atoms with van der Waals surface area (Å²) < 4.78 is 26.0. The molecule has 0 fully saturated rings. The average molecular weight is 413 g/mol. The normalized spacial score (nSPS) is 10.8. The number of nitrogens with zero attached hydrogens (tertiary/aromatic N) is 2. The molecule has 28 heavy (non-hydrogen) atoms. The van der Waals surface area contributed by atoms with Gasteiger partial charge < -0.3 is 5.32 Å². The Labute approximate surface area is 167 Å². The summed E-state index contributed by atoms with van der Waals surface area (Å²) in [7, 11) is 0. The molecular formula is C20H13F2N3OS2. The lowest BCUT2D eigenvalue weighted by molar-refractivity contribution is -0.115. The van der Waals surface area contributed by atoms with Crippen molar-refractivity contribution in [2.45, 2.75) is 6.42 Å². The minimum Gasteiger partial charge on any atom is -0.302 e. The molecule has 0 unspecified atom stereocenters. The first kappa shape index (κ1) is 18.4. The van der Waals surface area contributed by atoms with Crippen LogP contribution in [0.1, 0.15) is 5.69 Å². The Bertz CT molecular complexity index is 1020. The number of halogens is 2. The topological polar surface area (TPSA) is 54.9 Å². The maximum absolute atomic E-state index is 13.0. The van der Waals surface area contributed by atoms with Gasteiger partial charge >= 0.3 is 0 Å². The van der Waals surface area contributed by atoms with Crippen LogP contribution in [0.4, 0.5) is 13.9 Å². The van der Waals surface area contributed by atoms with Gasteiger partial charge in [0.2, 0.25) is 5.91 Å². The van der Waals surface area contributed by atoms with Gasteiger partial charge in [-0.1, -0.05) is 0 Å². The molecule has 0 aliphatic heterocycles. The van der Waals surface area contributed by atoms with Crippen molar-refractivity contribution in [3.8, 4) is 21.8 Å². The number of rotatable bonds is 5. The molecule has 0 radical (unpaired) electrons. The molecule has 4 rings (SSSR count). The largest absolute Gasteiger partial charge is 0.302 e. The zero-order valence-electron chi connectivity index (χ0n) is 14.4. The van der Waals surface area contributed by atoms with Gasteiger partial charge in [0, 0.05) is 21.9 Å². The highest BCUT2D eigenvalue weighted by Gasteiger charge is 2.12. The maximum atomic E-state index is 13.0. The molecule has 0 aliphatic carbocycles. The second kappa shape index (κ2) is 7.95. The molecule has 2 heterocycles. The van der Waals surface area contributed by atoms with Crippen LogP contribution in [0.3, 0.4) is 0 Å². The number of carbonyl (C=O) groups is 1. The van der Waals surface area contributed by atoms with E-state index in [0.29, 0.717) is 16.5 Å². The zero-order valence-corrected chi connectivity index (χ0v) is 16.0. The highest BCUT2D eigenvalue weighted by molar-refractivity contribution is 7.14. The predicted octanol–water partition coefficient (Wildman–Crippen LogP) is 5.39. The number of carbonyl (C=O) groups excluding carboxylic acids is 1. The molecule has 2 aromatic heterocycles. The number of benzene rings is 2. The van der Waals surface area contributed by atoms with E-state index in [9.17, 15) is 13.6 Å².